The number of fused-ring (bicyclic) bond motifs is 1. The summed E-state index contributed by atoms with van der Waals surface area (Å²) < 4.78 is 33.9. The van der Waals surface area contributed by atoms with Crippen molar-refractivity contribution in [3.63, 3.8) is 0 Å². The average Bonchev–Trinajstić information content (AvgIpc) is 3.10. The maximum atomic E-state index is 13.3. The van der Waals surface area contributed by atoms with Crippen LogP contribution < -0.4 is 4.72 Å². The Hall–Kier alpha value is -2.71. The molecule has 0 amide bonds. The van der Waals surface area contributed by atoms with Crippen LogP contribution in [0.3, 0.4) is 0 Å². The van der Waals surface area contributed by atoms with Crippen molar-refractivity contribution < 1.29 is 22.4 Å². The van der Waals surface area contributed by atoms with Crippen molar-refractivity contribution in [2.75, 3.05) is 13.1 Å². The highest BCUT2D eigenvalue weighted by Gasteiger charge is 2.41. The van der Waals surface area contributed by atoms with E-state index in [0.717, 1.165) is 25.7 Å². The van der Waals surface area contributed by atoms with Gasteiger partial charge in [0.05, 0.1) is 12.8 Å². The third-order valence-electron chi connectivity index (χ3n) is 5.26. The Morgan fingerprint density at radius 1 is 0.897 bits per heavy atom. The summed E-state index contributed by atoms with van der Waals surface area (Å²) in [5.41, 5.74) is 0.360. The second-order valence-corrected chi connectivity index (χ2v) is 8.89. The summed E-state index contributed by atoms with van der Waals surface area (Å²) in [6.07, 6.45) is 5.17. The van der Waals surface area contributed by atoms with Gasteiger partial charge in [-0.15, -0.1) is 0 Å². The minimum absolute atomic E-state index is 0.0115. The number of carbonyl (C=O) groups is 2. The van der Waals surface area contributed by atoms with Gasteiger partial charge in [0, 0.05) is 24.2 Å². The molecule has 29 heavy (non-hydrogen) atoms. The third kappa shape index (κ3) is 3.77. The van der Waals surface area contributed by atoms with E-state index in [1.807, 2.05) is 0 Å². The van der Waals surface area contributed by atoms with E-state index < -0.39 is 26.5 Å². The number of hydrogen-bond donors (Lipinski definition) is 1. The van der Waals surface area contributed by atoms with Gasteiger partial charge in [-0.2, -0.15) is 0 Å². The molecule has 1 N–H and O–H groups in total. The normalized spacial score (nSPS) is 18.0. The fraction of sp³-hybridized carbons (Fsp3) is 0.333. The summed E-state index contributed by atoms with van der Waals surface area (Å²) in [7, 11) is -4.24. The van der Waals surface area contributed by atoms with E-state index in [1.165, 1.54) is 12.3 Å². The fourth-order valence-electron chi connectivity index (χ4n) is 3.82. The van der Waals surface area contributed by atoms with E-state index in [0.29, 0.717) is 18.8 Å². The molecule has 1 aromatic heterocycles. The molecule has 0 spiro atoms. The van der Waals surface area contributed by atoms with E-state index in [9.17, 15) is 18.0 Å². The molecule has 2 aromatic rings. The van der Waals surface area contributed by atoms with Gasteiger partial charge in [-0.1, -0.05) is 37.1 Å². The van der Waals surface area contributed by atoms with Crippen LogP contribution in [0.15, 0.2) is 57.7 Å². The molecule has 4 rings (SSSR count). The minimum atomic E-state index is -4.24. The number of allylic oxidation sites excluding steroid dienone is 2. The maximum Gasteiger partial charge on any atom is 0.247 e. The molecular weight excluding hydrogens is 392 g/mol. The lowest BCUT2D eigenvalue weighted by atomic mass is 9.91. The summed E-state index contributed by atoms with van der Waals surface area (Å²) in [5.74, 6) is -0.646. The van der Waals surface area contributed by atoms with Crippen molar-refractivity contribution in [2.45, 2.75) is 32.2 Å². The summed E-state index contributed by atoms with van der Waals surface area (Å²) in [5, 5.41) is 0. The topological polar surface area (TPSA) is 96.7 Å². The molecule has 1 saturated heterocycles. The monoisotopic (exact) mass is 414 g/mol. The Morgan fingerprint density at radius 3 is 2.17 bits per heavy atom. The summed E-state index contributed by atoms with van der Waals surface area (Å²) >= 11 is 0. The molecule has 1 fully saturated rings. The third-order valence-corrected chi connectivity index (χ3v) is 6.70. The SMILES string of the molecule is O=C1C(N2CCCCCC2)=C(S(=O)(=O)NCc2ccco2)C(=O)c2ccccc21. The number of Topliss-reactive ketones (excluding diaryl/α,β-unsaturated/α-hetero) is 2. The average molecular weight is 414 g/mol. The Morgan fingerprint density at radius 2 is 1.55 bits per heavy atom. The highest BCUT2D eigenvalue weighted by atomic mass is 32.2. The first-order valence-electron chi connectivity index (χ1n) is 9.69. The fourth-order valence-corrected chi connectivity index (χ4v) is 5.13. The summed E-state index contributed by atoms with van der Waals surface area (Å²) in [6.45, 7) is 0.997. The molecule has 0 radical (unpaired) electrons. The van der Waals surface area contributed by atoms with Gasteiger partial charge in [0.15, 0.2) is 4.91 Å². The minimum Gasteiger partial charge on any atom is -0.468 e. The second kappa shape index (κ2) is 7.96. The lowest BCUT2D eigenvalue weighted by Gasteiger charge is -2.30. The smallest absolute Gasteiger partial charge is 0.247 e. The number of nitrogens with one attached hydrogen (secondary N) is 1. The number of carbonyl (C=O) groups excluding carboxylic acids is 2. The van der Waals surface area contributed by atoms with Gasteiger partial charge in [0.25, 0.3) is 0 Å². The van der Waals surface area contributed by atoms with Crippen LogP contribution in [0.1, 0.15) is 52.2 Å². The molecule has 1 aliphatic heterocycles. The van der Waals surface area contributed by atoms with Crippen molar-refractivity contribution in [1.82, 2.24) is 9.62 Å². The number of ketones is 2. The molecular formula is C21H22N2O5S. The molecule has 0 atom stereocenters. The van der Waals surface area contributed by atoms with Crippen LogP contribution in [0, 0.1) is 0 Å². The highest BCUT2D eigenvalue weighted by Crippen LogP contribution is 2.32. The number of furan rings is 1. The number of likely N-dealkylation sites (tertiary alicyclic amines) is 1. The summed E-state index contributed by atoms with van der Waals surface area (Å²) in [4.78, 5) is 27.8. The Labute approximate surface area is 169 Å². The number of hydrogen-bond acceptors (Lipinski definition) is 6. The number of sulfonamides is 1. The van der Waals surface area contributed by atoms with Crippen molar-refractivity contribution in [2.24, 2.45) is 0 Å². The van der Waals surface area contributed by atoms with Crippen molar-refractivity contribution in [3.8, 4) is 0 Å². The number of benzene rings is 1. The van der Waals surface area contributed by atoms with Gasteiger partial charge in [-0.3, -0.25) is 9.59 Å². The zero-order chi connectivity index (χ0) is 20.4. The largest absolute Gasteiger partial charge is 0.468 e. The molecule has 0 unspecified atom stereocenters. The predicted molar refractivity (Wildman–Crippen MR) is 107 cm³/mol. The van der Waals surface area contributed by atoms with Crippen LogP contribution >= 0.6 is 0 Å². The molecule has 2 aliphatic rings. The van der Waals surface area contributed by atoms with E-state index in [4.69, 9.17) is 4.42 Å². The van der Waals surface area contributed by atoms with Crippen LogP contribution in [-0.4, -0.2) is 38.0 Å². The first-order valence-corrected chi connectivity index (χ1v) is 11.2. The predicted octanol–water partition coefficient (Wildman–Crippen LogP) is 2.87. The van der Waals surface area contributed by atoms with Gasteiger partial charge in [-0.25, -0.2) is 13.1 Å². The molecule has 1 aromatic carbocycles. The molecule has 0 saturated carbocycles. The van der Waals surface area contributed by atoms with E-state index >= 15 is 0 Å². The second-order valence-electron chi connectivity index (χ2n) is 7.19. The number of rotatable bonds is 5. The zero-order valence-electron chi connectivity index (χ0n) is 15.9. The Bertz CT molecular complexity index is 1060. The van der Waals surface area contributed by atoms with Crippen molar-refractivity contribution in [3.05, 3.63) is 70.2 Å². The lowest BCUT2D eigenvalue weighted by Crippen LogP contribution is -2.40. The van der Waals surface area contributed by atoms with Crippen molar-refractivity contribution in [1.29, 1.82) is 0 Å². The quantitative estimate of drug-likeness (QED) is 0.808. The molecule has 1 aliphatic carbocycles. The van der Waals surface area contributed by atoms with E-state index in [-0.39, 0.29) is 23.4 Å². The van der Waals surface area contributed by atoms with Crippen LogP contribution in [0.5, 0.6) is 0 Å². The van der Waals surface area contributed by atoms with Crippen LogP contribution in [0.25, 0.3) is 0 Å². The van der Waals surface area contributed by atoms with Crippen molar-refractivity contribution >= 4 is 21.6 Å². The van der Waals surface area contributed by atoms with Gasteiger partial charge >= 0.3 is 0 Å². The van der Waals surface area contributed by atoms with Gasteiger partial charge in [0.1, 0.15) is 11.5 Å². The Kier molecular flexibility index (Phi) is 5.38. The van der Waals surface area contributed by atoms with Gasteiger partial charge < -0.3 is 9.32 Å². The van der Waals surface area contributed by atoms with E-state index in [1.54, 1.807) is 35.2 Å². The maximum absolute atomic E-state index is 13.3. The Balaban J connectivity index is 1.80. The zero-order valence-corrected chi connectivity index (χ0v) is 16.7. The molecule has 0 bridgehead atoms. The number of nitrogens with zero attached hydrogens (tertiary/aromatic N) is 1. The van der Waals surface area contributed by atoms with Gasteiger partial charge in [-0.05, 0) is 25.0 Å². The van der Waals surface area contributed by atoms with Gasteiger partial charge in [0.2, 0.25) is 21.6 Å². The molecule has 7 nitrogen and oxygen atoms in total. The molecule has 8 heteroatoms. The van der Waals surface area contributed by atoms with Crippen LogP contribution in [-0.2, 0) is 16.6 Å². The molecule has 152 valence electrons. The first-order chi connectivity index (χ1) is 14.0. The standard InChI is InChI=1S/C21H22N2O5S/c24-19-16-9-3-4-10-17(16)20(25)21(18(19)23-11-5-1-2-6-12-23)29(26,27)22-14-15-8-7-13-28-15/h3-4,7-10,13,22H,1-2,5-6,11-12,14H2. The lowest BCUT2D eigenvalue weighted by molar-refractivity contribution is 0.0947. The summed E-state index contributed by atoms with van der Waals surface area (Å²) in [6, 6.07) is 9.66. The highest BCUT2D eigenvalue weighted by molar-refractivity contribution is 7.94. The van der Waals surface area contributed by atoms with Crippen LogP contribution in [0.2, 0.25) is 0 Å². The van der Waals surface area contributed by atoms with Crippen LogP contribution in [0.4, 0.5) is 0 Å². The first kappa shape index (κ1) is 19.6. The molecule has 2 heterocycles. The van der Waals surface area contributed by atoms with E-state index in [2.05, 4.69) is 4.72 Å².